The molecule has 6 nitrogen and oxygen atoms in total. The maximum atomic E-state index is 11.7. The highest BCUT2D eigenvalue weighted by Gasteiger charge is 2.26. The Labute approximate surface area is 156 Å². The van der Waals surface area contributed by atoms with E-state index in [2.05, 4.69) is 36.2 Å². The first-order chi connectivity index (χ1) is 12.6. The summed E-state index contributed by atoms with van der Waals surface area (Å²) < 4.78 is 10.5. The average Bonchev–Trinajstić information content (AvgIpc) is 2.66. The molecule has 0 amide bonds. The Kier molecular flexibility index (Phi) is 7.75. The fraction of sp³-hybridized carbons (Fsp3) is 0.600. The van der Waals surface area contributed by atoms with Gasteiger partial charge in [0.15, 0.2) is 5.96 Å². The zero-order valence-electron chi connectivity index (χ0n) is 16.4. The molecular formula is C20H31N3O3. The van der Waals surface area contributed by atoms with Crippen molar-refractivity contribution in [2.75, 3.05) is 33.4 Å². The Morgan fingerprint density at radius 2 is 2.04 bits per heavy atom. The van der Waals surface area contributed by atoms with Crippen molar-refractivity contribution in [3.8, 4) is 5.75 Å². The molecule has 0 spiro atoms. The number of benzene rings is 1. The number of likely N-dealkylation sites (tertiary alicyclic amines) is 1. The lowest BCUT2D eigenvalue weighted by Gasteiger charge is -2.33. The number of piperidine rings is 1. The minimum absolute atomic E-state index is 0.00730. The van der Waals surface area contributed by atoms with E-state index in [9.17, 15) is 4.79 Å². The van der Waals surface area contributed by atoms with Gasteiger partial charge in [-0.1, -0.05) is 12.1 Å². The molecule has 6 heteroatoms. The summed E-state index contributed by atoms with van der Waals surface area (Å²) in [5.74, 6) is 1.74. The van der Waals surface area contributed by atoms with Crippen molar-refractivity contribution in [3.05, 3.63) is 29.3 Å². The van der Waals surface area contributed by atoms with E-state index in [1.54, 1.807) is 0 Å². The van der Waals surface area contributed by atoms with Gasteiger partial charge in [-0.05, 0) is 50.8 Å². The molecule has 1 aromatic carbocycles. The minimum atomic E-state index is -0.101. The van der Waals surface area contributed by atoms with E-state index in [-0.39, 0.29) is 11.9 Å². The predicted octanol–water partition coefficient (Wildman–Crippen LogP) is 2.74. The normalized spacial score (nSPS) is 15.7. The van der Waals surface area contributed by atoms with Gasteiger partial charge in [0.25, 0.3) is 0 Å². The van der Waals surface area contributed by atoms with Gasteiger partial charge in [-0.15, -0.1) is 0 Å². The molecule has 1 aromatic rings. The van der Waals surface area contributed by atoms with Gasteiger partial charge in [-0.3, -0.25) is 4.79 Å². The molecule has 1 saturated heterocycles. The first-order valence-electron chi connectivity index (χ1n) is 9.42. The number of hydrogen-bond donors (Lipinski definition) is 1. The zero-order valence-corrected chi connectivity index (χ0v) is 16.4. The highest BCUT2D eigenvalue weighted by Crippen LogP contribution is 2.21. The molecule has 0 aromatic heterocycles. The van der Waals surface area contributed by atoms with Gasteiger partial charge in [-0.25, -0.2) is 4.99 Å². The first kappa shape index (κ1) is 20.1. The zero-order chi connectivity index (χ0) is 18.9. The molecule has 26 heavy (non-hydrogen) atoms. The summed E-state index contributed by atoms with van der Waals surface area (Å²) in [6.07, 6.45) is 1.61. The monoisotopic (exact) mass is 361 g/mol. The van der Waals surface area contributed by atoms with Crippen LogP contribution in [0.3, 0.4) is 0 Å². The van der Waals surface area contributed by atoms with Crippen molar-refractivity contribution in [2.24, 2.45) is 10.9 Å². The SMILES string of the molecule is CCNC(=NCc1ccc(OCC)c(C)c1)N1CCC(C(=O)OC)CC1. The third kappa shape index (κ3) is 5.38. The second kappa shape index (κ2) is 10.0. The fourth-order valence-corrected chi connectivity index (χ4v) is 3.21. The third-order valence-electron chi connectivity index (χ3n) is 4.61. The molecular weight excluding hydrogens is 330 g/mol. The van der Waals surface area contributed by atoms with E-state index in [1.165, 1.54) is 7.11 Å². The van der Waals surface area contributed by atoms with E-state index in [0.29, 0.717) is 13.2 Å². The number of rotatable bonds is 6. The fourth-order valence-electron chi connectivity index (χ4n) is 3.21. The number of esters is 1. The van der Waals surface area contributed by atoms with Crippen molar-refractivity contribution in [2.45, 2.75) is 40.2 Å². The molecule has 0 bridgehead atoms. The van der Waals surface area contributed by atoms with Gasteiger partial charge in [0.2, 0.25) is 0 Å². The Balaban J connectivity index is 2.01. The number of nitrogens with one attached hydrogen (secondary N) is 1. The number of carbonyl (C=O) groups excluding carboxylic acids is 1. The molecule has 0 unspecified atom stereocenters. The van der Waals surface area contributed by atoms with E-state index >= 15 is 0 Å². The summed E-state index contributed by atoms with van der Waals surface area (Å²) in [7, 11) is 1.46. The number of ether oxygens (including phenoxy) is 2. The summed E-state index contributed by atoms with van der Waals surface area (Å²) in [4.78, 5) is 18.7. The van der Waals surface area contributed by atoms with Crippen molar-refractivity contribution in [1.82, 2.24) is 10.2 Å². The van der Waals surface area contributed by atoms with Crippen LogP contribution in [0.5, 0.6) is 5.75 Å². The Hall–Kier alpha value is -2.24. The first-order valence-corrected chi connectivity index (χ1v) is 9.42. The van der Waals surface area contributed by atoms with Crippen LogP contribution < -0.4 is 10.1 Å². The quantitative estimate of drug-likeness (QED) is 0.479. The lowest BCUT2D eigenvalue weighted by Crippen LogP contribution is -2.46. The van der Waals surface area contributed by atoms with Gasteiger partial charge in [0.1, 0.15) is 5.75 Å². The van der Waals surface area contributed by atoms with Crippen LogP contribution in [0.1, 0.15) is 37.8 Å². The lowest BCUT2D eigenvalue weighted by molar-refractivity contribution is -0.146. The number of nitrogens with zero attached hydrogens (tertiary/aromatic N) is 2. The largest absolute Gasteiger partial charge is 0.494 e. The van der Waals surface area contributed by atoms with Crippen molar-refractivity contribution in [3.63, 3.8) is 0 Å². The van der Waals surface area contributed by atoms with Crippen molar-refractivity contribution < 1.29 is 14.3 Å². The van der Waals surface area contributed by atoms with Crippen LogP contribution >= 0.6 is 0 Å². The lowest BCUT2D eigenvalue weighted by atomic mass is 9.97. The highest BCUT2D eigenvalue weighted by molar-refractivity contribution is 5.80. The second-order valence-corrected chi connectivity index (χ2v) is 6.49. The predicted molar refractivity (Wildman–Crippen MR) is 103 cm³/mol. The molecule has 1 aliphatic heterocycles. The van der Waals surface area contributed by atoms with Crippen LogP contribution in [0.2, 0.25) is 0 Å². The van der Waals surface area contributed by atoms with E-state index in [4.69, 9.17) is 14.5 Å². The molecule has 0 atom stereocenters. The van der Waals surface area contributed by atoms with Gasteiger partial charge in [-0.2, -0.15) is 0 Å². The second-order valence-electron chi connectivity index (χ2n) is 6.49. The Morgan fingerprint density at radius 3 is 2.62 bits per heavy atom. The minimum Gasteiger partial charge on any atom is -0.494 e. The molecule has 144 valence electrons. The van der Waals surface area contributed by atoms with Gasteiger partial charge < -0.3 is 19.7 Å². The highest BCUT2D eigenvalue weighted by atomic mass is 16.5. The molecule has 0 radical (unpaired) electrons. The molecule has 2 rings (SSSR count). The van der Waals surface area contributed by atoms with E-state index < -0.39 is 0 Å². The van der Waals surface area contributed by atoms with E-state index in [1.807, 2.05) is 13.0 Å². The van der Waals surface area contributed by atoms with Gasteiger partial charge >= 0.3 is 5.97 Å². The smallest absolute Gasteiger partial charge is 0.308 e. The number of methoxy groups -OCH3 is 1. The van der Waals surface area contributed by atoms with Crippen LogP contribution in [0.25, 0.3) is 0 Å². The average molecular weight is 361 g/mol. The molecule has 1 fully saturated rings. The number of guanidine groups is 1. The van der Waals surface area contributed by atoms with Crippen LogP contribution in [-0.4, -0.2) is 50.2 Å². The summed E-state index contributed by atoms with van der Waals surface area (Å²) >= 11 is 0. The topological polar surface area (TPSA) is 63.2 Å². The van der Waals surface area contributed by atoms with Crippen LogP contribution in [0.15, 0.2) is 23.2 Å². The molecule has 0 aliphatic carbocycles. The van der Waals surface area contributed by atoms with Crippen molar-refractivity contribution >= 4 is 11.9 Å². The number of aliphatic imine (C=N–C) groups is 1. The van der Waals surface area contributed by atoms with Gasteiger partial charge in [0, 0.05) is 19.6 Å². The maximum absolute atomic E-state index is 11.7. The standard InChI is InChI=1S/C20H31N3O3/c1-5-21-20(23-11-9-17(10-12-23)19(24)25-4)22-14-16-7-8-18(26-6-2)15(3)13-16/h7-8,13,17H,5-6,9-12,14H2,1-4H3,(H,21,22). The van der Waals surface area contributed by atoms with Crippen LogP contribution in [0.4, 0.5) is 0 Å². The summed E-state index contributed by atoms with van der Waals surface area (Å²) in [5.41, 5.74) is 2.29. The van der Waals surface area contributed by atoms with Crippen molar-refractivity contribution in [1.29, 1.82) is 0 Å². The van der Waals surface area contributed by atoms with E-state index in [0.717, 1.165) is 55.3 Å². The number of hydrogen-bond acceptors (Lipinski definition) is 4. The molecule has 1 aliphatic rings. The Morgan fingerprint density at radius 1 is 1.31 bits per heavy atom. The maximum Gasteiger partial charge on any atom is 0.308 e. The van der Waals surface area contributed by atoms with Gasteiger partial charge in [0.05, 0.1) is 26.2 Å². The summed E-state index contributed by atoms with van der Waals surface area (Å²) in [6, 6.07) is 6.20. The number of aryl methyl sites for hydroxylation is 1. The molecule has 1 heterocycles. The summed E-state index contributed by atoms with van der Waals surface area (Å²) in [6.45, 7) is 9.85. The van der Waals surface area contributed by atoms with Crippen LogP contribution in [-0.2, 0) is 16.1 Å². The Bertz CT molecular complexity index is 623. The molecule has 0 saturated carbocycles. The molecule has 1 N–H and O–H groups in total. The number of carbonyl (C=O) groups is 1. The summed E-state index contributed by atoms with van der Waals surface area (Å²) in [5, 5.41) is 3.36. The third-order valence-corrected chi connectivity index (χ3v) is 4.61. The van der Waals surface area contributed by atoms with Crippen LogP contribution in [0, 0.1) is 12.8 Å².